The van der Waals surface area contributed by atoms with Gasteiger partial charge >= 0.3 is 0 Å². The Bertz CT molecular complexity index is 1890. The van der Waals surface area contributed by atoms with Crippen molar-refractivity contribution in [1.82, 2.24) is 0 Å². The maximum atomic E-state index is 6.36. The van der Waals surface area contributed by atoms with Gasteiger partial charge in [-0.3, -0.25) is 0 Å². The van der Waals surface area contributed by atoms with Crippen molar-refractivity contribution in [3.63, 3.8) is 0 Å². The van der Waals surface area contributed by atoms with Crippen LogP contribution in [0.1, 0.15) is 33.4 Å². The van der Waals surface area contributed by atoms with Gasteiger partial charge in [-0.2, -0.15) is 0 Å². The van der Waals surface area contributed by atoms with E-state index in [4.69, 9.17) is 31.6 Å². The normalized spacial score (nSPS) is 10.9. The molecule has 6 aromatic carbocycles. The highest BCUT2D eigenvalue weighted by Crippen LogP contribution is 2.36. The fraction of sp³-hybridized carbons (Fsp3) is 0.116. The first-order chi connectivity index (χ1) is 23.7. The van der Waals surface area contributed by atoms with Crippen LogP contribution in [0, 0.1) is 0 Å². The van der Waals surface area contributed by atoms with Crippen molar-refractivity contribution in [2.75, 3.05) is 0 Å². The van der Waals surface area contributed by atoms with Crippen LogP contribution in [0.15, 0.2) is 163 Å². The highest BCUT2D eigenvalue weighted by Gasteiger charge is 2.14. The molecule has 0 aliphatic heterocycles. The number of hydrogen-bond donors (Lipinski definition) is 1. The van der Waals surface area contributed by atoms with E-state index in [0.29, 0.717) is 38.6 Å². The van der Waals surface area contributed by atoms with Crippen molar-refractivity contribution >= 4 is 18.7 Å². The third kappa shape index (κ3) is 9.34. The molecule has 0 N–H and O–H groups in total. The summed E-state index contributed by atoms with van der Waals surface area (Å²) in [5.74, 6) is 2.97. The summed E-state index contributed by atoms with van der Waals surface area (Å²) in [6.07, 6.45) is 4.77. The van der Waals surface area contributed by atoms with Gasteiger partial charge in [0.1, 0.15) is 49.4 Å². The second-order valence-corrected chi connectivity index (χ2v) is 11.7. The molecule has 4 nitrogen and oxygen atoms in total. The van der Waals surface area contributed by atoms with Crippen LogP contribution in [0.4, 0.5) is 0 Å². The summed E-state index contributed by atoms with van der Waals surface area (Å²) in [7, 11) is 0. The third-order valence-corrected chi connectivity index (χ3v) is 8.26. The lowest BCUT2D eigenvalue weighted by Gasteiger charge is -2.17. The molecule has 0 aliphatic carbocycles. The van der Waals surface area contributed by atoms with Gasteiger partial charge in [0.25, 0.3) is 0 Å². The van der Waals surface area contributed by atoms with Crippen molar-refractivity contribution in [1.29, 1.82) is 0 Å². The minimum absolute atomic E-state index is 0.447. The first-order valence-corrected chi connectivity index (χ1v) is 16.5. The number of rotatable bonds is 15. The minimum atomic E-state index is 0.447. The minimum Gasteiger partial charge on any atom is -0.489 e. The molecule has 6 aromatic rings. The van der Waals surface area contributed by atoms with E-state index < -0.39 is 0 Å². The van der Waals surface area contributed by atoms with E-state index in [-0.39, 0.29) is 0 Å². The SMILES string of the molecule is Sc1c(OCc2ccccc2)ccc(OCc2ccccc2)c1C/C=C/c1ccc(OCc2ccccc2)cc1OCc1ccccc1. The van der Waals surface area contributed by atoms with Gasteiger partial charge in [0.05, 0.1) is 4.90 Å². The molecule has 0 amide bonds. The average molecular weight is 651 g/mol. The standard InChI is InChI=1S/C43H38O4S/c48-43-39(40(45-30-34-16-7-2-8-17-34)26-27-41(43)46-31-35-18-9-3-10-19-35)23-13-22-37-24-25-38(44-29-33-14-5-1-6-15-33)28-42(37)47-32-36-20-11-4-12-21-36/h1-22,24-28,48H,23,29-32H2/b22-13+. The van der Waals surface area contributed by atoms with Crippen LogP contribution >= 0.6 is 12.6 Å². The molecular weight excluding hydrogens is 613 g/mol. The van der Waals surface area contributed by atoms with Gasteiger partial charge in [0.15, 0.2) is 0 Å². The van der Waals surface area contributed by atoms with E-state index in [2.05, 4.69) is 60.7 Å². The topological polar surface area (TPSA) is 36.9 Å². The van der Waals surface area contributed by atoms with E-state index in [1.807, 2.05) is 103 Å². The van der Waals surface area contributed by atoms with Crippen LogP contribution < -0.4 is 18.9 Å². The molecule has 240 valence electrons. The Labute approximate surface area is 288 Å². The quantitative estimate of drug-likeness (QED) is 0.112. The maximum Gasteiger partial charge on any atom is 0.133 e. The maximum absolute atomic E-state index is 6.36. The first-order valence-electron chi connectivity index (χ1n) is 16.0. The third-order valence-electron chi connectivity index (χ3n) is 7.77. The lowest BCUT2D eigenvalue weighted by molar-refractivity contribution is 0.288. The number of hydrogen-bond acceptors (Lipinski definition) is 5. The molecule has 0 aromatic heterocycles. The van der Waals surface area contributed by atoms with E-state index >= 15 is 0 Å². The predicted octanol–water partition coefficient (Wildman–Crippen LogP) is 10.5. The Morgan fingerprint density at radius 3 is 1.40 bits per heavy atom. The van der Waals surface area contributed by atoms with Gasteiger partial charge in [-0.1, -0.05) is 133 Å². The van der Waals surface area contributed by atoms with Crippen LogP contribution in [0.25, 0.3) is 6.08 Å². The summed E-state index contributed by atoms with van der Waals surface area (Å²) in [4.78, 5) is 0.756. The summed E-state index contributed by atoms with van der Waals surface area (Å²) in [5, 5.41) is 0. The molecule has 0 spiro atoms. The highest BCUT2D eigenvalue weighted by molar-refractivity contribution is 7.80. The van der Waals surface area contributed by atoms with Crippen LogP contribution in [-0.4, -0.2) is 0 Å². The summed E-state index contributed by atoms with van der Waals surface area (Å²) in [6, 6.07) is 50.5. The largest absolute Gasteiger partial charge is 0.489 e. The Balaban J connectivity index is 1.23. The Morgan fingerprint density at radius 1 is 0.438 bits per heavy atom. The molecule has 48 heavy (non-hydrogen) atoms. The Kier molecular flexibility index (Phi) is 11.5. The number of ether oxygens (including phenoxy) is 4. The van der Waals surface area contributed by atoms with Crippen molar-refractivity contribution < 1.29 is 18.9 Å². The molecule has 0 heterocycles. The average Bonchev–Trinajstić information content (AvgIpc) is 3.15. The summed E-state index contributed by atoms with van der Waals surface area (Å²) in [6.45, 7) is 1.84. The fourth-order valence-corrected chi connectivity index (χ4v) is 5.50. The smallest absolute Gasteiger partial charge is 0.133 e. The van der Waals surface area contributed by atoms with Gasteiger partial charge in [0.2, 0.25) is 0 Å². The molecule has 0 aliphatic rings. The molecule has 0 unspecified atom stereocenters. The predicted molar refractivity (Wildman–Crippen MR) is 196 cm³/mol. The van der Waals surface area contributed by atoms with Crippen molar-refractivity contribution in [2.45, 2.75) is 37.7 Å². The van der Waals surface area contributed by atoms with Gasteiger partial charge in [-0.05, 0) is 52.9 Å². The van der Waals surface area contributed by atoms with E-state index in [0.717, 1.165) is 55.5 Å². The zero-order valence-electron chi connectivity index (χ0n) is 26.7. The van der Waals surface area contributed by atoms with Crippen LogP contribution in [0.2, 0.25) is 0 Å². The Morgan fingerprint density at radius 2 is 0.875 bits per heavy atom. The van der Waals surface area contributed by atoms with Gasteiger partial charge in [-0.15, -0.1) is 12.6 Å². The molecule has 0 atom stereocenters. The van der Waals surface area contributed by atoms with Crippen LogP contribution in [0.3, 0.4) is 0 Å². The lowest BCUT2D eigenvalue weighted by Crippen LogP contribution is -2.02. The second-order valence-electron chi connectivity index (χ2n) is 11.3. The van der Waals surface area contributed by atoms with Crippen molar-refractivity contribution in [3.8, 4) is 23.0 Å². The monoisotopic (exact) mass is 650 g/mol. The molecule has 0 bridgehead atoms. The molecular formula is C43H38O4S. The number of allylic oxidation sites excluding steroid dienone is 1. The molecule has 6 rings (SSSR count). The molecule has 0 fully saturated rings. The van der Waals surface area contributed by atoms with E-state index in [1.54, 1.807) is 0 Å². The summed E-state index contributed by atoms with van der Waals surface area (Å²) in [5.41, 5.74) is 6.29. The van der Waals surface area contributed by atoms with Crippen molar-refractivity contribution in [2.24, 2.45) is 0 Å². The summed E-state index contributed by atoms with van der Waals surface area (Å²) < 4.78 is 25.0. The first kappa shape index (κ1) is 32.5. The molecule has 0 saturated heterocycles. The van der Waals surface area contributed by atoms with Gasteiger partial charge in [-0.25, -0.2) is 0 Å². The van der Waals surface area contributed by atoms with E-state index in [1.165, 1.54) is 0 Å². The number of thiol groups is 1. The zero-order valence-corrected chi connectivity index (χ0v) is 27.6. The van der Waals surface area contributed by atoms with Gasteiger partial charge < -0.3 is 18.9 Å². The zero-order chi connectivity index (χ0) is 32.8. The van der Waals surface area contributed by atoms with Gasteiger partial charge in [0, 0.05) is 17.2 Å². The molecule has 0 radical (unpaired) electrons. The lowest BCUT2D eigenvalue weighted by atomic mass is 10.1. The van der Waals surface area contributed by atoms with Crippen molar-refractivity contribution in [3.05, 3.63) is 191 Å². The Hall–Kier alpha value is -5.39. The molecule has 0 saturated carbocycles. The highest BCUT2D eigenvalue weighted by atomic mass is 32.1. The van der Waals surface area contributed by atoms with E-state index in [9.17, 15) is 0 Å². The fourth-order valence-electron chi connectivity index (χ4n) is 5.16. The van der Waals surface area contributed by atoms with Crippen LogP contribution in [0.5, 0.6) is 23.0 Å². The molecule has 5 heteroatoms. The van der Waals surface area contributed by atoms with Crippen LogP contribution in [-0.2, 0) is 32.8 Å². The number of benzene rings is 6. The summed E-state index contributed by atoms with van der Waals surface area (Å²) >= 11 is 4.95. The second kappa shape index (κ2) is 17.0.